The van der Waals surface area contributed by atoms with Crippen LogP contribution in [0.15, 0.2) is 23.5 Å². The van der Waals surface area contributed by atoms with Gasteiger partial charge in [-0.25, -0.2) is 4.98 Å². The standard InChI is InChI=1S/C12H17N3O2/c1-17-12-10(3-2-6-13-12)9-15-7-4-11(14-16)5-8-15/h2-3,6,16H,4-5,7-9H2,1H3. The van der Waals surface area contributed by atoms with Crippen molar-refractivity contribution in [2.24, 2.45) is 5.16 Å². The second kappa shape index (κ2) is 5.63. The van der Waals surface area contributed by atoms with Gasteiger partial charge in [0.1, 0.15) is 0 Å². The number of piperidine rings is 1. The number of nitrogens with zero attached hydrogens (tertiary/aromatic N) is 3. The lowest BCUT2D eigenvalue weighted by molar-refractivity contribution is 0.251. The summed E-state index contributed by atoms with van der Waals surface area (Å²) in [4.78, 5) is 6.49. The number of methoxy groups -OCH3 is 1. The molecule has 0 aliphatic carbocycles. The van der Waals surface area contributed by atoms with Crippen molar-refractivity contribution in [3.8, 4) is 5.88 Å². The van der Waals surface area contributed by atoms with E-state index in [0.717, 1.165) is 43.8 Å². The van der Waals surface area contributed by atoms with E-state index >= 15 is 0 Å². The fourth-order valence-corrected chi connectivity index (χ4v) is 2.04. The Balaban J connectivity index is 1.97. The van der Waals surface area contributed by atoms with Crippen LogP contribution in [-0.4, -0.2) is 41.0 Å². The Labute approximate surface area is 101 Å². The average molecular weight is 235 g/mol. The normalized spacial score (nSPS) is 16.9. The molecular formula is C12H17N3O2. The highest BCUT2D eigenvalue weighted by Gasteiger charge is 2.16. The summed E-state index contributed by atoms with van der Waals surface area (Å²) in [7, 11) is 1.64. The van der Waals surface area contributed by atoms with Gasteiger partial charge < -0.3 is 9.94 Å². The molecule has 2 rings (SSSR count). The van der Waals surface area contributed by atoms with Crippen molar-refractivity contribution in [2.75, 3.05) is 20.2 Å². The average Bonchev–Trinajstić information content (AvgIpc) is 2.40. The van der Waals surface area contributed by atoms with Crippen LogP contribution in [0, 0.1) is 0 Å². The number of oxime groups is 1. The molecule has 0 saturated carbocycles. The Morgan fingerprint density at radius 1 is 1.47 bits per heavy atom. The number of hydrogen-bond donors (Lipinski definition) is 1. The number of ether oxygens (including phenoxy) is 1. The molecule has 0 spiro atoms. The van der Waals surface area contributed by atoms with Gasteiger partial charge in [0.25, 0.3) is 0 Å². The molecule has 1 fully saturated rings. The molecule has 0 unspecified atom stereocenters. The van der Waals surface area contributed by atoms with Crippen LogP contribution >= 0.6 is 0 Å². The summed E-state index contributed by atoms with van der Waals surface area (Å²) in [5.41, 5.74) is 1.98. The summed E-state index contributed by atoms with van der Waals surface area (Å²) >= 11 is 0. The lowest BCUT2D eigenvalue weighted by Gasteiger charge is -2.27. The molecule has 1 aromatic rings. The van der Waals surface area contributed by atoms with Crippen molar-refractivity contribution < 1.29 is 9.94 Å². The zero-order valence-electron chi connectivity index (χ0n) is 9.96. The van der Waals surface area contributed by atoms with E-state index in [1.807, 2.05) is 12.1 Å². The molecule has 17 heavy (non-hydrogen) atoms. The van der Waals surface area contributed by atoms with Crippen LogP contribution in [0.2, 0.25) is 0 Å². The molecule has 1 aliphatic heterocycles. The largest absolute Gasteiger partial charge is 0.481 e. The Bertz CT molecular complexity index is 396. The molecule has 5 heteroatoms. The van der Waals surface area contributed by atoms with Gasteiger partial charge in [0.15, 0.2) is 0 Å². The molecular weight excluding hydrogens is 218 g/mol. The lowest BCUT2D eigenvalue weighted by atomic mass is 10.1. The first-order valence-corrected chi connectivity index (χ1v) is 5.73. The first kappa shape index (κ1) is 11.9. The van der Waals surface area contributed by atoms with Gasteiger partial charge in [-0.05, 0) is 6.07 Å². The number of rotatable bonds is 3. The third-order valence-electron chi connectivity index (χ3n) is 3.01. The van der Waals surface area contributed by atoms with E-state index in [9.17, 15) is 0 Å². The zero-order chi connectivity index (χ0) is 12.1. The van der Waals surface area contributed by atoms with Crippen LogP contribution in [0.3, 0.4) is 0 Å². The second-order valence-corrected chi connectivity index (χ2v) is 4.11. The smallest absolute Gasteiger partial charge is 0.217 e. The molecule has 0 atom stereocenters. The number of pyridine rings is 1. The highest BCUT2D eigenvalue weighted by molar-refractivity contribution is 5.84. The zero-order valence-corrected chi connectivity index (χ0v) is 9.96. The van der Waals surface area contributed by atoms with E-state index in [0.29, 0.717) is 5.88 Å². The van der Waals surface area contributed by atoms with Crippen molar-refractivity contribution in [2.45, 2.75) is 19.4 Å². The van der Waals surface area contributed by atoms with Crippen molar-refractivity contribution in [3.63, 3.8) is 0 Å². The number of hydrogen-bond acceptors (Lipinski definition) is 5. The van der Waals surface area contributed by atoms with Crippen LogP contribution in [0.1, 0.15) is 18.4 Å². The SMILES string of the molecule is COc1ncccc1CN1CCC(=NO)CC1. The quantitative estimate of drug-likeness (QED) is 0.637. The van der Waals surface area contributed by atoms with Gasteiger partial charge in [-0.2, -0.15) is 0 Å². The van der Waals surface area contributed by atoms with Crippen molar-refractivity contribution in [3.05, 3.63) is 23.9 Å². The van der Waals surface area contributed by atoms with Crippen molar-refractivity contribution in [1.82, 2.24) is 9.88 Å². The van der Waals surface area contributed by atoms with Crippen LogP contribution in [0.4, 0.5) is 0 Å². The van der Waals surface area contributed by atoms with Crippen LogP contribution in [0.25, 0.3) is 0 Å². The molecule has 92 valence electrons. The van der Waals surface area contributed by atoms with Crippen molar-refractivity contribution in [1.29, 1.82) is 0 Å². The van der Waals surface area contributed by atoms with E-state index in [1.54, 1.807) is 13.3 Å². The van der Waals surface area contributed by atoms with Crippen LogP contribution in [-0.2, 0) is 6.54 Å². The van der Waals surface area contributed by atoms with Gasteiger partial charge in [0.2, 0.25) is 5.88 Å². The molecule has 1 aliphatic rings. The molecule has 0 amide bonds. The summed E-state index contributed by atoms with van der Waals surface area (Å²) in [6, 6.07) is 3.95. The number of aromatic nitrogens is 1. The lowest BCUT2D eigenvalue weighted by Crippen LogP contribution is -2.33. The third kappa shape index (κ3) is 2.94. The predicted molar refractivity (Wildman–Crippen MR) is 64.5 cm³/mol. The minimum Gasteiger partial charge on any atom is -0.481 e. The van der Waals surface area contributed by atoms with E-state index in [2.05, 4.69) is 15.0 Å². The molecule has 1 saturated heterocycles. The van der Waals surface area contributed by atoms with E-state index < -0.39 is 0 Å². The predicted octanol–water partition coefficient (Wildman–Crippen LogP) is 1.52. The van der Waals surface area contributed by atoms with Gasteiger partial charge >= 0.3 is 0 Å². The van der Waals surface area contributed by atoms with Gasteiger partial charge in [0, 0.05) is 44.2 Å². The molecule has 2 heterocycles. The topological polar surface area (TPSA) is 58.0 Å². The van der Waals surface area contributed by atoms with E-state index in [4.69, 9.17) is 9.94 Å². The number of likely N-dealkylation sites (tertiary alicyclic amines) is 1. The summed E-state index contributed by atoms with van der Waals surface area (Å²) in [5.74, 6) is 0.689. The summed E-state index contributed by atoms with van der Waals surface area (Å²) < 4.78 is 5.23. The minimum absolute atomic E-state index is 0.689. The maximum Gasteiger partial charge on any atom is 0.217 e. The molecule has 1 aromatic heterocycles. The minimum atomic E-state index is 0.689. The molecule has 0 radical (unpaired) electrons. The fraction of sp³-hybridized carbons (Fsp3) is 0.500. The summed E-state index contributed by atoms with van der Waals surface area (Å²) in [5, 5.41) is 12.0. The van der Waals surface area contributed by atoms with Gasteiger partial charge in [-0.1, -0.05) is 11.2 Å². The molecule has 5 nitrogen and oxygen atoms in total. The highest BCUT2D eigenvalue weighted by Crippen LogP contribution is 2.18. The highest BCUT2D eigenvalue weighted by atomic mass is 16.5. The Hall–Kier alpha value is -1.62. The van der Waals surface area contributed by atoms with Gasteiger partial charge in [-0.3, -0.25) is 4.90 Å². The van der Waals surface area contributed by atoms with Gasteiger partial charge in [0.05, 0.1) is 12.8 Å². The summed E-state index contributed by atoms with van der Waals surface area (Å²) in [6.45, 7) is 2.66. The van der Waals surface area contributed by atoms with Crippen LogP contribution < -0.4 is 4.74 Å². The Kier molecular flexibility index (Phi) is 3.93. The fourth-order valence-electron chi connectivity index (χ4n) is 2.04. The third-order valence-corrected chi connectivity index (χ3v) is 3.01. The van der Waals surface area contributed by atoms with E-state index in [-0.39, 0.29) is 0 Å². The maximum absolute atomic E-state index is 8.69. The summed E-state index contributed by atoms with van der Waals surface area (Å²) in [6.07, 6.45) is 3.40. The first-order chi connectivity index (χ1) is 8.33. The maximum atomic E-state index is 8.69. The van der Waals surface area contributed by atoms with Gasteiger partial charge in [-0.15, -0.1) is 0 Å². The Morgan fingerprint density at radius 2 is 2.24 bits per heavy atom. The van der Waals surface area contributed by atoms with Crippen LogP contribution in [0.5, 0.6) is 5.88 Å². The Morgan fingerprint density at radius 3 is 2.88 bits per heavy atom. The second-order valence-electron chi connectivity index (χ2n) is 4.11. The molecule has 0 aromatic carbocycles. The van der Waals surface area contributed by atoms with E-state index in [1.165, 1.54) is 0 Å². The first-order valence-electron chi connectivity index (χ1n) is 5.73. The molecule has 1 N–H and O–H groups in total. The monoisotopic (exact) mass is 235 g/mol. The van der Waals surface area contributed by atoms with Crippen molar-refractivity contribution >= 4 is 5.71 Å². The molecule has 0 bridgehead atoms.